The van der Waals surface area contributed by atoms with E-state index in [1.807, 2.05) is 19.0 Å². The molecule has 1 amide bonds. The summed E-state index contributed by atoms with van der Waals surface area (Å²) in [4.78, 5) is 20.7. The summed E-state index contributed by atoms with van der Waals surface area (Å²) in [5, 5.41) is 0.372. The molecule has 0 unspecified atom stereocenters. The highest BCUT2D eigenvalue weighted by atomic mass is 32.1. The van der Waals surface area contributed by atoms with Crippen molar-refractivity contribution in [2.45, 2.75) is 6.42 Å². The zero-order valence-corrected chi connectivity index (χ0v) is 15.4. The van der Waals surface area contributed by atoms with Gasteiger partial charge in [0.05, 0.1) is 10.3 Å². The number of hydrogen-bond donors (Lipinski definition) is 0. The van der Waals surface area contributed by atoms with Crippen molar-refractivity contribution in [2.24, 2.45) is 0 Å². The van der Waals surface area contributed by atoms with E-state index >= 15 is 0 Å². The lowest BCUT2D eigenvalue weighted by Gasteiger charge is -2.21. The van der Waals surface area contributed by atoms with Gasteiger partial charge in [-0.2, -0.15) is 0 Å². The van der Waals surface area contributed by atoms with E-state index in [-0.39, 0.29) is 11.1 Å². The number of amides is 1. The van der Waals surface area contributed by atoms with Gasteiger partial charge in [-0.05, 0) is 51.3 Å². The summed E-state index contributed by atoms with van der Waals surface area (Å²) in [6.45, 7) is 1.13. The summed E-state index contributed by atoms with van der Waals surface area (Å²) in [7, 11) is 3.88. The fourth-order valence-corrected chi connectivity index (χ4v) is 3.63. The van der Waals surface area contributed by atoms with Crippen molar-refractivity contribution in [3.8, 4) is 0 Å². The third-order valence-electron chi connectivity index (χ3n) is 3.93. The lowest BCUT2D eigenvalue weighted by Crippen LogP contribution is -2.34. The minimum Gasteiger partial charge on any atom is -0.309 e. The predicted octanol–water partition coefficient (Wildman–Crippen LogP) is 4.17. The average Bonchev–Trinajstić information content (AvgIpc) is 3.03. The Bertz CT molecular complexity index is 926. The molecule has 0 aliphatic rings. The Balaban J connectivity index is 1.97. The van der Waals surface area contributed by atoms with E-state index in [1.54, 1.807) is 18.2 Å². The topological polar surface area (TPSA) is 36.4 Å². The van der Waals surface area contributed by atoms with Crippen LogP contribution in [0.4, 0.5) is 13.9 Å². The molecule has 0 radical (unpaired) electrons. The number of rotatable bonds is 6. The molecule has 0 bridgehead atoms. The molecule has 1 aromatic heterocycles. The maximum absolute atomic E-state index is 14.1. The molecule has 0 N–H and O–H groups in total. The second kappa shape index (κ2) is 7.88. The molecule has 3 aromatic rings. The van der Waals surface area contributed by atoms with Gasteiger partial charge in [0.25, 0.3) is 5.91 Å². The van der Waals surface area contributed by atoms with E-state index in [1.165, 1.54) is 40.5 Å². The monoisotopic (exact) mass is 375 g/mol. The molecule has 0 saturated carbocycles. The molecule has 0 saturated heterocycles. The second-order valence-corrected chi connectivity index (χ2v) is 7.19. The van der Waals surface area contributed by atoms with E-state index in [4.69, 9.17) is 0 Å². The van der Waals surface area contributed by atoms with Crippen LogP contribution in [-0.4, -0.2) is 43.0 Å². The summed E-state index contributed by atoms with van der Waals surface area (Å²) in [5.41, 5.74) is 0.212. The van der Waals surface area contributed by atoms with Crippen LogP contribution in [0.5, 0.6) is 0 Å². The lowest BCUT2D eigenvalue weighted by molar-refractivity contribution is 0.0982. The molecule has 0 aliphatic heterocycles. The SMILES string of the molecule is CN(C)CCCN(C(=O)c1ccccc1F)c1nc2c(F)cccc2s1. The highest BCUT2D eigenvalue weighted by molar-refractivity contribution is 7.22. The number of benzene rings is 2. The van der Waals surface area contributed by atoms with E-state index in [0.29, 0.717) is 22.8 Å². The average molecular weight is 375 g/mol. The highest BCUT2D eigenvalue weighted by Gasteiger charge is 2.24. The number of nitrogens with zero attached hydrogens (tertiary/aromatic N) is 3. The maximum Gasteiger partial charge on any atom is 0.263 e. The Morgan fingerprint density at radius 2 is 1.77 bits per heavy atom. The minimum absolute atomic E-state index is 0.0166. The minimum atomic E-state index is -0.581. The molecule has 136 valence electrons. The van der Waals surface area contributed by atoms with Crippen LogP contribution in [0.25, 0.3) is 10.2 Å². The van der Waals surface area contributed by atoms with E-state index in [2.05, 4.69) is 4.98 Å². The Kier molecular flexibility index (Phi) is 5.58. The van der Waals surface area contributed by atoms with Crippen LogP contribution in [0.2, 0.25) is 0 Å². The first-order valence-corrected chi connectivity index (χ1v) is 9.05. The number of anilines is 1. The van der Waals surface area contributed by atoms with Crippen molar-refractivity contribution in [2.75, 3.05) is 32.1 Å². The predicted molar refractivity (Wildman–Crippen MR) is 101 cm³/mol. The molecular formula is C19H19F2N3OS. The van der Waals surface area contributed by atoms with Gasteiger partial charge in [0.1, 0.15) is 17.2 Å². The Hall–Kier alpha value is -2.38. The van der Waals surface area contributed by atoms with Gasteiger partial charge in [-0.3, -0.25) is 9.69 Å². The van der Waals surface area contributed by atoms with Gasteiger partial charge in [0, 0.05) is 6.54 Å². The van der Waals surface area contributed by atoms with Gasteiger partial charge in [0.2, 0.25) is 0 Å². The molecule has 2 aromatic carbocycles. The molecule has 0 atom stereocenters. The van der Waals surface area contributed by atoms with Crippen LogP contribution in [0.15, 0.2) is 42.5 Å². The van der Waals surface area contributed by atoms with Crippen LogP contribution in [-0.2, 0) is 0 Å². The molecule has 3 rings (SSSR count). The number of carbonyl (C=O) groups is 1. The number of para-hydroxylation sites is 1. The van der Waals surface area contributed by atoms with E-state index in [9.17, 15) is 13.6 Å². The largest absolute Gasteiger partial charge is 0.309 e. The van der Waals surface area contributed by atoms with Crippen LogP contribution >= 0.6 is 11.3 Å². The first-order chi connectivity index (χ1) is 12.5. The molecule has 0 spiro atoms. The third kappa shape index (κ3) is 3.89. The van der Waals surface area contributed by atoms with E-state index in [0.717, 1.165) is 6.54 Å². The van der Waals surface area contributed by atoms with Crippen LogP contribution in [0.3, 0.4) is 0 Å². The summed E-state index contributed by atoms with van der Waals surface area (Å²) < 4.78 is 28.7. The van der Waals surface area contributed by atoms with Gasteiger partial charge < -0.3 is 4.90 Å². The van der Waals surface area contributed by atoms with Crippen molar-refractivity contribution < 1.29 is 13.6 Å². The Labute approximate surface area is 154 Å². The molecule has 0 aliphatic carbocycles. The highest BCUT2D eigenvalue weighted by Crippen LogP contribution is 2.31. The van der Waals surface area contributed by atoms with Crippen LogP contribution in [0, 0.1) is 11.6 Å². The normalized spacial score (nSPS) is 11.3. The fraction of sp³-hybridized carbons (Fsp3) is 0.263. The molecule has 26 heavy (non-hydrogen) atoms. The van der Waals surface area contributed by atoms with Crippen molar-refractivity contribution in [1.29, 1.82) is 0 Å². The molecule has 7 heteroatoms. The maximum atomic E-state index is 14.1. The Morgan fingerprint density at radius 3 is 2.46 bits per heavy atom. The second-order valence-electron chi connectivity index (χ2n) is 6.18. The molecule has 0 fully saturated rings. The van der Waals surface area contributed by atoms with Gasteiger partial charge in [0.15, 0.2) is 5.13 Å². The number of aromatic nitrogens is 1. The third-order valence-corrected chi connectivity index (χ3v) is 4.97. The first-order valence-electron chi connectivity index (χ1n) is 8.23. The summed E-state index contributed by atoms with van der Waals surface area (Å²) in [6.07, 6.45) is 0.686. The molecule has 4 nitrogen and oxygen atoms in total. The number of fused-ring (bicyclic) bond motifs is 1. The first kappa shape index (κ1) is 18.4. The fourth-order valence-electron chi connectivity index (χ4n) is 2.63. The molecular weight excluding hydrogens is 356 g/mol. The van der Waals surface area contributed by atoms with Gasteiger partial charge in [-0.25, -0.2) is 13.8 Å². The number of thiazole rings is 1. The van der Waals surface area contributed by atoms with Gasteiger partial charge >= 0.3 is 0 Å². The zero-order valence-electron chi connectivity index (χ0n) is 14.6. The summed E-state index contributed by atoms with van der Waals surface area (Å²) in [6, 6.07) is 10.6. The number of hydrogen-bond acceptors (Lipinski definition) is 4. The number of halogens is 2. The zero-order chi connectivity index (χ0) is 18.7. The Morgan fingerprint density at radius 1 is 1.04 bits per heavy atom. The summed E-state index contributed by atoms with van der Waals surface area (Å²) >= 11 is 1.23. The molecule has 1 heterocycles. The van der Waals surface area contributed by atoms with Gasteiger partial charge in [-0.15, -0.1) is 0 Å². The van der Waals surface area contributed by atoms with Crippen molar-refractivity contribution in [3.63, 3.8) is 0 Å². The summed E-state index contributed by atoms with van der Waals surface area (Å²) in [5.74, 6) is -1.49. The van der Waals surface area contributed by atoms with E-state index < -0.39 is 17.5 Å². The smallest absolute Gasteiger partial charge is 0.263 e. The van der Waals surface area contributed by atoms with Crippen LogP contribution < -0.4 is 4.90 Å². The van der Waals surface area contributed by atoms with Crippen molar-refractivity contribution in [1.82, 2.24) is 9.88 Å². The lowest BCUT2D eigenvalue weighted by atomic mass is 10.2. The number of carbonyl (C=O) groups excluding carboxylic acids is 1. The van der Waals surface area contributed by atoms with Crippen molar-refractivity contribution >= 4 is 32.6 Å². The standard InChI is InChI=1S/C19H19F2N3OS/c1-23(2)11-6-12-24(18(25)13-7-3-4-8-14(13)20)19-22-17-15(21)9-5-10-16(17)26-19/h3-5,7-10H,6,11-12H2,1-2H3. The van der Waals surface area contributed by atoms with Gasteiger partial charge in [-0.1, -0.05) is 29.5 Å². The van der Waals surface area contributed by atoms with Crippen molar-refractivity contribution in [3.05, 3.63) is 59.7 Å². The van der Waals surface area contributed by atoms with Crippen LogP contribution in [0.1, 0.15) is 16.8 Å². The quantitative estimate of drug-likeness (QED) is 0.649.